The van der Waals surface area contributed by atoms with E-state index in [9.17, 15) is 13.2 Å². The fourth-order valence-corrected chi connectivity index (χ4v) is 3.31. The van der Waals surface area contributed by atoms with Gasteiger partial charge in [0.05, 0.1) is 12.8 Å². The Morgan fingerprint density at radius 1 is 1.08 bits per heavy atom. The minimum Gasteiger partial charge on any atom is -0.354 e. The van der Waals surface area contributed by atoms with Gasteiger partial charge in [0.1, 0.15) is 0 Å². The van der Waals surface area contributed by atoms with Gasteiger partial charge in [-0.05, 0) is 24.0 Å². The maximum Gasteiger partial charge on any atom is 0.235 e. The molecular weight excluding hydrogens is 348 g/mol. The van der Waals surface area contributed by atoms with Gasteiger partial charge in [0.15, 0.2) is 0 Å². The van der Waals surface area contributed by atoms with E-state index in [0.29, 0.717) is 6.54 Å². The number of sulfonamides is 1. The van der Waals surface area contributed by atoms with Gasteiger partial charge in [0, 0.05) is 13.1 Å². The Morgan fingerprint density at radius 2 is 1.69 bits per heavy atom. The van der Waals surface area contributed by atoms with Crippen molar-refractivity contribution in [2.24, 2.45) is 0 Å². The molecule has 2 rings (SSSR count). The Hall–Kier alpha value is -2.18. The van der Waals surface area contributed by atoms with E-state index in [1.54, 1.807) is 0 Å². The van der Waals surface area contributed by atoms with Gasteiger partial charge in [-0.25, -0.2) is 8.42 Å². The van der Waals surface area contributed by atoms with Crippen LogP contribution < -0.4 is 5.32 Å². The Labute approximate surface area is 156 Å². The molecule has 0 aliphatic carbocycles. The van der Waals surface area contributed by atoms with Gasteiger partial charge in [-0.1, -0.05) is 67.1 Å². The highest BCUT2D eigenvalue weighted by molar-refractivity contribution is 7.88. The quantitative estimate of drug-likeness (QED) is 0.772. The maximum absolute atomic E-state index is 12.3. The van der Waals surface area contributed by atoms with Gasteiger partial charge in [0.2, 0.25) is 15.9 Å². The molecule has 1 amide bonds. The molecule has 0 saturated heterocycles. The van der Waals surface area contributed by atoms with Crippen LogP contribution in [0.1, 0.15) is 29.5 Å². The summed E-state index contributed by atoms with van der Waals surface area (Å²) in [6, 6.07) is 17.5. The third-order valence-corrected chi connectivity index (χ3v) is 5.44. The standard InChI is InChI=1S/C20H26N2O3S/c1-16-9-11-18(12-10-16)14-22(26(3,24)25)15-20(23)21-13-17(2)19-7-5-4-6-8-19/h4-12,17H,13-15H2,1-3H3,(H,21,23)/t17-/m1/s1. The van der Waals surface area contributed by atoms with E-state index in [4.69, 9.17) is 0 Å². The zero-order valence-corrected chi connectivity index (χ0v) is 16.3. The maximum atomic E-state index is 12.3. The summed E-state index contributed by atoms with van der Waals surface area (Å²) in [6.07, 6.45) is 1.13. The van der Waals surface area contributed by atoms with Crippen molar-refractivity contribution in [3.63, 3.8) is 0 Å². The van der Waals surface area contributed by atoms with Crippen LogP contribution in [0.15, 0.2) is 54.6 Å². The van der Waals surface area contributed by atoms with Crippen molar-refractivity contribution >= 4 is 15.9 Å². The Kier molecular flexibility index (Phi) is 6.94. The number of hydrogen-bond acceptors (Lipinski definition) is 3. The fraction of sp³-hybridized carbons (Fsp3) is 0.350. The molecule has 6 heteroatoms. The van der Waals surface area contributed by atoms with E-state index in [1.165, 1.54) is 4.31 Å². The summed E-state index contributed by atoms with van der Waals surface area (Å²) in [5, 5.41) is 2.83. The molecule has 1 atom stereocenters. The molecule has 26 heavy (non-hydrogen) atoms. The molecule has 0 saturated carbocycles. The highest BCUT2D eigenvalue weighted by Crippen LogP contribution is 2.13. The molecule has 140 valence electrons. The minimum atomic E-state index is -3.49. The number of aryl methyl sites for hydroxylation is 1. The van der Waals surface area contributed by atoms with Gasteiger partial charge in [-0.3, -0.25) is 4.79 Å². The summed E-state index contributed by atoms with van der Waals surface area (Å²) in [5.41, 5.74) is 3.09. The number of benzene rings is 2. The molecule has 2 aromatic rings. The van der Waals surface area contributed by atoms with Gasteiger partial charge in [0.25, 0.3) is 0 Å². The van der Waals surface area contributed by atoms with Crippen molar-refractivity contribution in [2.45, 2.75) is 26.3 Å². The van der Waals surface area contributed by atoms with Gasteiger partial charge in [-0.15, -0.1) is 0 Å². The van der Waals surface area contributed by atoms with Crippen molar-refractivity contribution < 1.29 is 13.2 Å². The third kappa shape index (κ3) is 6.28. The number of amides is 1. The van der Waals surface area contributed by atoms with Crippen LogP contribution in [0.5, 0.6) is 0 Å². The second-order valence-corrected chi connectivity index (χ2v) is 8.61. The SMILES string of the molecule is Cc1ccc(CN(CC(=O)NC[C@@H](C)c2ccccc2)S(C)(=O)=O)cc1. The number of carbonyl (C=O) groups excluding carboxylic acids is 1. The predicted molar refractivity (Wildman–Crippen MR) is 104 cm³/mol. The van der Waals surface area contributed by atoms with E-state index in [1.807, 2.05) is 68.4 Å². The monoisotopic (exact) mass is 374 g/mol. The Morgan fingerprint density at radius 3 is 2.27 bits per heavy atom. The molecule has 1 N–H and O–H groups in total. The Balaban J connectivity index is 1.95. The van der Waals surface area contributed by atoms with Gasteiger partial charge < -0.3 is 5.32 Å². The summed E-state index contributed by atoms with van der Waals surface area (Å²) >= 11 is 0. The first-order valence-corrected chi connectivity index (χ1v) is 10.4. The molecule has 0 aliphatic rings. The first-order valence-electron chi connectivity index (χ1n) is 8.58. The van der Waals surface area contributed by atoms with E-state index >= 15 is 0 Å². The van der Waals surface area contributed by atoms with E-state index in [0.717, 1.165) is 22.9 Å². The average molecular weight is 375 g/mol. The Bertz CT molecular complexity index is 818. The minimum absolute atomic E-state index is 0.156. The molecule has 0 unspecified atom stereocenters. The van der Waals surface area contributed by atoms with Crippen molar-refractivity contribution in [1.29, 1.82) is 0 Å². The van der Waals surface area contributed by atoms with Gasteiger partial charge >= 0.3 is 0 Å². The summed E-state index contributed by atoms with van der Waals surface area (Å²) < 4.78 is 25.3. The zero-order valence-electron chi connectivity index (χ0n) is 15.5. The van der Waals surface area contributed by atoms with Crippen LogP contribution in [0.2, 0.25) is 0 Å². The smallest absolute Gasteiger partial charge is 0.235 e. The predicted octanol–water partition coefficient (Wildman–Crippen LogP) is 2.68. The van der Waals surface area contributed by atoms with Crippen LogP contribution in [0.4, 0.5) is 0 Å². The topological polar surface area (TPSA) is 66.5 Å². The molecule has 0 bridgehead atoms. The number of rotatable bonds is 8. The largest absolute Gasteiger partial charge is 0.354 e. The van der Waals surface area contributed by atoms with E-state index < -0.39 is 10.0 Å². The zero-order chi connectivity index (χ0) is 19.2. The molecule has 0 aromatic heterocycles. The molecule has 0 heterocycles. The lowest BCUT2D eigenvalue weighted by atomic mass is 10.0. The van der Waals surface area contributed by atoms with E-state index in [2.05, 4.69) is 5.32 Å². The second kappa shape index (κ2) is 8.96. The lowest BCUT2D eigenvalue weighted by Crippen LogP contribution is -2.40. The summed E-state index contributed by atoms with van der Waals surface area (Å²) in [7, 11) is -3.49. The van der Waals surface area contributed by atoms with E-state index in [-0.39, 0.29) is 24.9 Å². The first-order chi connectivity index (χ1) is 12.3. The lowest BCUT2D eigenvalue weighted by molar-refractivity contribution is -0.121. The van der Waals surface area contributed by atoms with Crippen LogP contribution in [0.3, 0.4) is 0 Å². The van der Waals surface area contributed by atoms with Crippen LogP contribution >= 0.6 is 0 Å². The molecule has 0 fully saturated rings. The molecule has 0 radical (unpaired) electrons. The summed E-state index contributed by atoms with van der Waals surface area (Å²) in [5.74, 6) is -0.144. The normalized spacial score (nSPS) is 12.8. The average Bonchev–Trinajstić information content (AvgIpc) is 2.61. The first kappa shape index (κ1) is 20.1. The van der Waals surface area contributed by atoms with Crippen LogP contribution in [0, 0.1) is 6.92 Å². The molecule has 0 aliphatic heterocycles. The van der Waals surface area contributed by atoms with Crippen molar-refractivity contribution in [3.8, 4) is 0 Å². The summed E-state index contributed by atoms with van der Waals surface area (Å²) in [4.78, 5) is 12.3. The number of carbonyl (C=O) groups is 1. The third-order valence-electron chi connectivity index (χ3n) is 4.24. The number of nitrogens with one attached hydrogen (secondary N) is 1. The van der Waals surface area contributed by atoms with Crippen molar-refractivity contribution in [1.82, 2.24) is 9.62 Å². The lowest BCUT2D eigenvalue weighted by Gasteiger charge is -2.20. The molecule has 2 aromatic carbocycles. The highest BCUT2D eigenvalue weighted by Gasteiger charge is 2.20. The van der Waals surface area contributed by atoms with Gasteiger partial charge in [-0.2, -0.15) is 4.31 Å². The van der Waals surface area contributed by atoms with Crippen LogP contribution in [0.25, 0.3) is 0 Å². The fourth-order valence-electron chi connectivity index (χ4n) is 2.57. The number of hydrogen-bond donors (Lipinski definition) is 1. The second-order valence-electron chi connectivity index (χ2n) is 6.63. The molecule has 0 spiro atoms. The van der Waals surface area contributed by atoms with Crippen molar-refractivity contribution in [2.75, 3.05) is 19.3 Å². The van der Waals surface area contributed by atoms with Crippen molar-refractivity contribution in [3.05, 3.63) is 71.3 Å². The number of nitrogens with zero attached hydrogens (tertiary/aromatic N) is 1. The van der Waals surface area contributed by atoms with Crippen LogP contribution in [-0.4, -0.2) is 38.0 Å². The molecule has 5 nitrogen and oxygen atoms in total. The highest BCUT2D eigenvalue weighted by atomic mass is 32.2. The van der Waals surface area contributed by atoms with Crippen LogP contribution in [-0.2, 0) is 21.4 Å². The summed E-state index contributed by atoms with van der Waals surface area (Å²) in [6.45, 7) is 4.45. The molecular formula is C20H26N2O3S.